The lowest BCUT2D eigenvalue weighted by atomic mass is 9.97. The van der Waals surface area contributed by atoms with Crippen LogP contribution in [0.1, 0.15) is 33.6 Å². The normalized spacial score (nSPS) is 26.8. The third-order valence-corrected chi connectivity index (χ3v) is 4.12. The fourth-order valence-corrected chi connectivity index (χ4v) is 2.88. The molecule has 0 radical (unpaired) electrons. The van der Waals surface area contributed by atoms with Crippen molar-refractivity contribution < 1.29 is 4.74 Å². The molecule has 0 aromatic rings. The van der Waals surface area contributed by atoms with Crippen molar-refractivity contribution in [2.24, 2.45) is 5.73 Å². The maximum atomic E-state index is 6.05. The highest BCUT2D eigenvalue weighted by Crippen LogP contribution is 2.23. The summed E-state index contributed by atoms with van der Waals surface area (Å²) >= 11 is 0. The lowest BCUT2D eigenvalue weighted by Gasteiger charge is -2.44. The van der Waals surface area contributed by atoms with Crippen LogP contribution >= 0.6 is 0 Å². The van der Waals surface area contributed by atoms with Crippen LogP contribution < -0.4 is 5.73 Å². The number of nitrogens with two attached hydrogens (primary N) is 1. The van der Waals surface area contributed by atoms with Crippen LogP contribution in [0.2, 0.25) is 0 Å². The number of ether oxygens (including phenoxy) is 1. The van der Waals surface area contributed by atoms with Crippen LogP contribution in [0.4, 0.5) is 0 Å². The molecule has 0 amide bonds. The molecule has 0 bridgehead atoms. The molecule has 0 spiro atoms. The third kappa shape index (κ3) is 3.92. The molecule has 0 aromatic heterocycles. The van der Waals surface area contributed by atoms with Crippen molar-refractivity contribution >= 4 is 0 Å². The van der Waals surface area contributed by atoms with E-state index in [4.69, 9.17) is 10.5 Å². The van der Waals surface area contributed by atoms with E-state index in [0.717, 1.165) is 26.3 Å². The van der Waals surface area contributed by atoms with E-state index in [9.17, 15) is 0 Å². The second-order valence-corrected chi connectivity index (χ2v) is 5.71. The molecule has 0 saturated carbocycles. The van der Waals surface area contributed by atoms with Gasteiger partial charge < -0.3 is 15.4 Å². The minimum Gasteiger partial charge on any atom is -0.380 e. The topological polar surface area (TPSA) is 41.7 Å². The quantitative estimate of drug-likeness (QED) is 0.775. The van der Waals surface area contributed by atoms with Crippen molar-refractivity contribution in [3.63, 3.8) is 0 Å². The number of hydrogen-bond donors (Lipinski definition) is 1. The molecule has 0 aliphatic carbocycles. The summed E-state index contributed by atoms with van der Waals surface area (Å²) in [6, 6.07) is 0.589. The van der Waals surface area contributed by atoms with Gasteiger partial charge in [-0.1, -0.05) is 6.92 Å². The second kappa shape index (κ2) is 7.43. The Balaban J connectivity index is 2.79. The van der Waals surface area contributed by atoms with Crippen molar-refractivity contribution in [1.82, 2.24) is 9.80 Å². The van der Waals surface area contributed by atoms with E-state index >= 15 is 0 Å². The fraction of sp³-hybridized carbons (Fsp3) is 1.00. The first-order valence-corrected chi connectivity index (χ1v) is 7.30. The van der Waals surface area contributed by atoms with Gasteiger partial charge in [0.2, 0.25) is 0 Å². The lowest BCUT2D eigenvalue weighted by Crippen LogP contribution is -2.59. The summed E-state index contributed by atoms with van der Waals surface area (Å²) in [4.78, 5) is 5.03. The summed E-state index contributed by atoms with van der Waals surface area (Å²) in [7, 11) is 2.22. The minimum atomic E-state index is -0.0259. The van der Waals surface area contributed by atoms with Crippen molar-refractivity contribution in [2.45, 2.75) is 45.2 Å². The van der Waals surface area contributed by atoms with Crippen LogP contribution in [-0.4, -0.2) is 67.8 Å². The van der Waals surface area contributed by atoms with Crippen molar-refractivity contribution in [2.75, 3.05) is 46.4 Å². The Bertz CT molecular complexity index is 237. The molecule has 1 heterocycles. The van der Waals surface area contributed by atoms with Crippen molar-refractivity contribution in [1.29, 1.82) is 0 Å². The van der Waals surface area contributed by atoms with E-state index in [1.54, 1.807) is 0 Å². The summed E-state index contributed by atoms with van der Waals surface area (Å²) in [6.07, 6.45) is 2.39. The molecule has 1 saturated heterocycles. The zero-order valence-corrected chi connectivity index (χ0v) is 12.6. The summed E-state index contributed by atoms with van der Waals surface area (Å²) < 4.78 is 5.67. The van der Waals surface area contributed by atoms with E-state index in [0.29, 0.717) is 12.6 Å². The van der Waals surface area contributed by atoms with Gasteiger partial charge in [-0.3, -0.25) is 4.90 Å². The van der Waals surface area contributed by atoms with Gasteiger partial charge in [0, 0.05) is 32.3 Å². The molecule has 1 aliphatic heterocycles. The van der Waals surface area contributed by atoms with E-state index < -0.39 is 0 Å². The van der Waals surface area contributed by atoms with Crippen LogP contribution in [0.5, 0.6) is 0 Å². The molecule has 1 rings (SSSR count). The van der Waals surface area contributed by atoms with Crippen LogP contribution in [-0.2, 0) is 4.74 Å². The maximum Gasteiger partial charge on any atom is 0.0660 e. The first kappa shape index (κ1) is 15.9. The molecule has 1 fully saturated rings. The molecular formula is C14H31N3O. The highest BCUT2D eigenvalue weighted by Gasteiger charge is 2.36. The van der Waals surface area contributed by atoms with Gasteiger partial charge in [-0.25, -0.2) is 0 Å². The molecule has 2 N–H and O–H groups in total. The largest absolute Gasteiger partial charge is 0.380 e. The van der Waals surface area contributed by atoms with Gasteiger partial charge in [-0.05, 0) is 40.3 Å². The molecule has 2 atom stereocenters. The number of nitrogens with zero attached hydrogens (tertiary/aromatic N) is 2. The molecule has 108 valence electrons. The Labute approximate surface area is 112 Å². The van der Waals surface area contributed by atoms with Crippen LogP contribution in [0, 0.1) is 0 Å². The first-order valence-electron chi connectivity index (χ1n) is 7.30. The summed E-state index contributed by atoms with van der Waals surface area (Å²) in [5, 5.41) is 0. The monoisotopic (exact) mass is 257 g/mol. The predicted octanol–water partition coefficient (Wildman–Crippen LogP) is 1.16. The third-order valence-electron chi connectivity index (χ3n) is 4.12. The number of hydrogen-bond acceptors (Lipinski definition) is 4. The van der Waals surface area contributed by atoms with E-state index in [-0.39, 0.29) is 5.54 Å². The Morgan fingerprint density at radius 2 is 2.06 bits per heavy atom. The molecular weight excluding hydrogens is 226 g/mol. The molecule has 2 unspecified atom stereocenters. The smallest absolute Gasteiger partial charge is 0.0660 e. The summed E-state index contributed by atoms with van der Waals surface area (Å²) in [5.41, 5.74) is 6.02. The van der Waals surface area contributed by atoms with Gasteiger partial charge in [0.25, 0.3) is 0 Å². The molecule has 18 heavy (non-hydrogen) atoms. The second-order valence-electron chi connectivity index (χ2n) is 5.71. The molecule has 4 heteroatoms. The Morgan fingerprint density at radius 1 is 1.33 bits per heavy atom. The molecule has 1 aliphatic rings. The van der Waals surface area contributed by atoms with Gasteiger partial charge >= 0.3 is 0 Å². The predicted molar refractivity (Wildman–Crippen MR) is 76.9 cm³/mol. The lowest BCUT2D eigenvalue weighted by molar-refractivity contribution is -0.0130. The zero-order valence-electron chi connectivity index (χ0n) is 12.6. The average Bonchev–Trinajstić information content (AvgIpc) is 2.57. The van der Waals surface area contributed by atoms with Crippen LogP contribution in [0.15, 0.2) is 0 Å². The van der Waals surface area contributed by atoms with E-state index in [1.165, 1.54) is 19.4 Å². The Morgan fingerprint density at radius 3 is 2.61 bits per heavy atom. The van der Waals surface area contributed by atoms with Crippen LogP contribution in [0.25, 0.3) is 0 Å². The van der Waals surface area contributed by atoms with Gasteiger partial charge in [0.05, 0.1) is 12.1 Å². The van der Waals surface area contributed by atoms with Gasteiger partial charge in [-0.2, -0.15) is 0 Å². The van der Waals surface area contributed by atoms with Gasteiger partial charge in [0.15, 0.2) is 0 Å². The molecule has 4 nitrogen and oxygen atoms in total. The standard InChI is InChI=1S/C14H31N3O/c1-5-13-10-16(4)8-7-9-17(13)14(3,11-15)12-18-6-2/h13H,5-12,15H2,1-4H3. The van der Waals surface area contributed by atoms with Crippen molar-refractivity contribution in [3.8, 4) is 0 Å². The van der Waals surface area contributed by atoms with Crippen molar-refractivity contribution in [3.05, 3.63) is 0 Å². The first-order chi connectivity index (χ1) is 8.57. The van der Waals surface area contributed by atoms with E-state index in [1.807, 2.05) is 6.92 Å². The number of likely N-dealkylation sites (N-methyl/N-ethyl adjacent to an activating group) is 1. The zero-order chi connectivity index (χ0) is 13.6. The molecule has 0 aromatic carbocycles. The minimum absolute atomic E-state index is 0.0259. The highest BCUT2D eigenvalue weighted by atomic mass is 16.5. The average molecular weight is 257 g/mol. The van der Waals surface area contributed by atoms with E-state index in [2.05, 4.69) is 30.7 Å². The van der Waals surface area contributed by atoms with Gasteiger partial charge in [-0.15, -0.1) is 0 Å². The number of rotatable bonds is 6. The fourth-order valence-electron chi connectivity index (χ4n) is 2.88. The summed E-state index contributed by atoms with van der Waals surface area (Å²) in [5.74, 6) is 0. The Hall–Kier alpha value is -0.160. The maximum absolute atomic E-state index is 6.05. The highest BCUT2D eigenvalue weighted by molar-refractivity contribution is 4.93. The SMILES string of the molecule is CCOCC(C)(CN)N1CCCN(C)CC1CC. The van der Waals surface area contributed by atoms with Crippen LogP contribution in [0.3, 0.4) is 0 Å². The Kier molecular flexibility index (Phi) is 6.57. The van der Waals surface area contributed by atoms with Gasteiger partial charge in [0.1, 0.15) is 0 Å². The summed E-state index contributed by atoms with van der Waals surface area (Å²) in [6.45, 7) is 12.2.